The van der Waals surface area contributed by atoms with Gasteiger partial charge in [-0.2, -0.15) is 0 Å². The summed E-state index contributed by atoms with van der Waals surface area (Å²) >= 11 is 0. The Morgan fingerprint density at radius 1 is 1.50 bits per heavy atom. The fourth-order valence-electron chi connectivity index (χ4n) is 1.74. The molecule has 1 unspecified atom stereocenters. The first-order chi connectivity index (χ1) is 6.74. The molecule has 2 N–H and O–H groups in total. The van der Waals surface area contributed by atoms with E-state index in [0.29, 0.717) is 6.04 Å². The molecule has 0 aliphatic carbocycles. The average Bonchev–Trinajstić information content (AvgIpc) is 2.56. The second-order valence-electron chi connectivity index (χ2n) is 3.93. The highest BCUT2D eigenvalue weighted by molar-refractivity contribution is 5.01. The maximum Gasteiger partial charge on any atom is 0.0727 e. The Hall–Kier alpha value is -1.00. The normalized spacial score (nSPS) is 22.9. The van der Waals surface area contributed by atoms with Gasteiger partial charge in [-0.05, 0) is 13.3 Å². The van der Waals surface area contributed by atoms with Crippen LogP contribution in [-0.2, 0) is 6.54 Å². The molecule has 2 rings (SSSR count). The molecule has 1 aliphatic rings. The molecule has 1 saturated heterocycles. The van der Waals surface area contributed by atoms with Crippen molar-refractivity contribution >= 4 is 0 Å². The second-order valence-corrected chi connectivity index (χ2v) is 3.93. The first-order valence-electron chi connectivity index (χ1n) is 4.99. The van der Waals surface area contributed by atoms with Crippen LogP contribution in [0.4, 0.5) is 0 Å². The van der Waals surface area contributed by atoms with Gasteiger partial charge in [0.15, 0.2) is 0 Å². The van der Waals surface area contributed by atoms with Gasteiger partial charge in [-0.25, -0.2) is 0 Å². The zero-order chi connectivity index (χ0) is 9.97. The summed E-state index contributed by atoms with van der Waals surface area (Å²) in [4.78, 5) is 10.9. The molecule has 1 aromatic rings. The van der Waals surface area contributed by atoms with Gasteiger partial charge in [0.05, 0.1) is 11.4 Å². The lowest BCUT2D eigenvalue weighted by Crippen LogP contribution is -2.26. The standard InChI is InChI=1S/C10H16N4/c1-8-4-13-10(5-12-8)7-14-3-2-9(11)6-14/h4-5,9H,2-3,6-7,11H2,1H3. The highest BCUT2D eigenvalue weighted by Gasteiger charge is 2.19. The molecular formula is C10H16N4. The molecule has 76 valence electrons. The Balaban J connectivity index is 1.94. The van der Waals surface area contributed by atoms with E-state index in [2.05, 4.69) is 14.9 Å². The average molecular weight is 192 g/mol. The number of hydrogen-bond acceptors (Lipinski definition) is 4. The van der Waals surface area contributed by atoms with E-state index in [1.54, 1.807) is 0 Å². The van der Waals surface area contributed by atoms with Gasteiger partial charge in [-0.3, -0.25) is 14.9 Å². The van der Waals surface area contributed by atoms with Crippen molar-refractivity contribution in [2.75, 3.05) is 13.1 Å². The Morgan fingerprint density at radius 3 is 2.93 bits per heavy atom. The molecule has 0 amide bonds. The quantitative estimate of drug-likeness (QED) is 0.733. The van der Waals surface area contributed by atoms with Crippen molar-refractivity contribution in [2.45, 2.75) is 25.9 Å². The maximum absolute atomic E-state index is 5.83. The van der Waals surface area contributed by atoms with Gasteiger partial charge in [0.2, 0.25) is 0 Å². The van der Waals surface area contributed by atoms with E-state index in [9.17, 15) is 0 Å². The van der Waals surface area contributed by atoms with E-state index in [-0.39, 0.29) is 0 Å². The first kappa shape index (κ1) is 9.55. The minimum atomic E-state index is 0.341. The molecule has 0 bridgehead atoms. The molecule has 0 saturated carbocycles. The van der Waals surface area contributed by atoms with Crippen molar-refractivity contribution in [3.05, 3.63) is 23.8 Å². The van der Waals surface area contributed by atoms with Gasteiger partial charge in [0.1, 0.15) is 0 Å². The van der Waals surface area contributed by atoms with Crippen molar-refractivity contribution in [3.8, 4) is 0 Å². The topological polar surface area (TPSA) is 55.0 Å². The predicted molar refractivity (Wildman–Crippen MR) is 54.6 cm³/mol. The van der Waals surface area contributed by atoms with E-state index in [4.69, 9.17) is 5.73 Å². The summed E-state index contributed by atoms with van der Waals surface area (Å²) in [5, 5.41) is 0. The number of hydrogen-bond donors (Lipinski definition) is 1. The van der Waals surface area contributed by atoms with Crippen LogP contribution in [0, 0.1) is 6.92 Å². The highest BCUT2D eigenvalue weighted by atomic mass is 15.2. The smallest absolute Gasteiger partial charge is 0.0727 e. The summed E-state index contributed by atoms with van der Waals surface area (Å²) in [6.45, 7) is 4.88. The number of aromatic nitrogens is 2. The van der Waals surface area contributed by atoms with E-state index in [1.165, 1.54) is 0 Å². The van der Waals surface area contributed by atoms with Crippen LogP contribution in [0.1, 0.15) is 17.8 Å². The monoisotopic (exact) mass is 192 g/mol. The first-order valence-corrected chi connectivity index (χ1v) is 4.99. The zero-order valence-corrected chi connectivity index (χ0v) is 8.48. The number of rotatable bonds is 2. The summed E-state index contributed by atoms with van der Waals surface area (Å²) in [7, 11) is 0. The van der Waals surface area contributed by atoms with Crippen molar-refractivity contribution in [3.63, 3.8) is 0 Å². The van der Waals surface area contributed by atoms with E-state index in [1.807, 2.05) is 19.3 Å². The molecule has 0 spiro atoms. The molecule has 4 nitrogen and oxygen atoms in total. The van der Waals surface area contributed by atoms with E-state index < -0.39 is 0 Å². The predicted octanol–water partition coefficient (Wildman–Crippen LogP) is 0.318. The van der Waals surface area contributed by atoms with E-state index >= 15 is 0 Å². The lowest BCUT2D eigenvalue weighted by atomic mass is 10.3. The fourth-order valence-corrected chi connectivity index (χ4v) is 1.74. The van der Waals surface area contributed by atoms with Crippen LogP contribution in [0.2, 0.25) is 0 Å². The molecule has 0 radical (unpaired) electrons. The number of likely N-dealkylation sites (tertiary alicyclic amines) is 1. The van der Waals surface area contributed by atoms with Gasteiger partial charge < -0.3 is 5.73 Å². The van der Waals surface area contributed by atoms with Crippen molar-refractivity contribution < 1.29 is 0 Å². The summed E-state index contributed by atoms with van der Waals surface area (Å²) in [6.07, 6.45) is 4.75. The van der Waals surface area contributed by atoms with Crippen LogP contribution >= 0.6 is 0 Å². The summed E-state index contributed by atoms with van der Waals surface area (Å²) in [6, 6.07) is 0.341. The van der Waals surface area contributed by atoms with Crippen molar-refractivity contribution in [1.82, 2.24) is 14.9 Å². The van der Waals surface area contributed by atoms with Crippen LogP contribution in [0.15, 0.2) is 12.4 Å². The molecular weight excluding hydrogens is 176 g/mol. The summed E-state index contributed by atoms with van der Waals surface area (Å²) < 4.78 is 0. The molecule has 1 atom stereocenters. The molecule has 2 heterocycles. The minimum absolute atomic E-state index is 0.341. The third-order valence-electron chi connectivity index (χ3n) is 2.53. The third kappa shape index (κ3) is 2.27. The van der Waals surface area contributed by atoms with Crippen LogP contribution in [0.25, 0.3) is 0 Å². The summed E-state index contributed by atoms with van der Waals surface area (Å²) in [5.41, 5.74) is 7.82. The largest absolute Gasteiger partial charge is 0.326 e. The second kappa shape index (κ2) is 4.02. The van der Waals surface area contributed by atoms with E-state index in [0.717, 1.165) is 37.4 Å². The van der Waals surface area contributed by atoms with Crippen LogP contribution in [0.3, 0.4) is 0 Å². The van der Waals surface area contributed by atoms with Gasteiger partial charge in [-0.15, -0.1) is 0 Å². The molecule has 1 aliphatic heterocycles. The lowest BCUT2D eigenvalue weighted by Gasteiger charge is -2.13. The molecule has 4 heteroatoms. The molecule has 0 aromatic carbocycles. The van der Waals surface area contributed by atoms with Crippen LogP contribution < -0.4 is 5.73 Å². The zero-order valence-electron chi connectivity index (χ0n) is 8.48. The SMILES string of the molecule is Cc1cnc(CN2CCC(N)C2)cn1. The Labute approximate surface area is 84.2 Å². The minimum Gasteiger partial charge on any atom is -0.326 e. The van der Waals surface area contributed by atoms with Crippen molar-refractivity contribution in [2.24, 2.45) is 5.73 Å². The number of aryl methyl sites for hydroxylation is 1. The lowest BCUT2D eigenvalue weighted by molar-refractivity contribution is 0.322. The summed E-state index contributed by atoms with van der Waals surface area (Å²) in [5.74, 6) is 0. The van der Waals surface area contributed by atoms with Crippen LogP contribution in [0.5, 0.6) is 0 Å². The van der Waals surface area contributed by atoms with Crippen LogP contribution in [-0.4, -0.2) is 34.0 Å². The Kier molecular flexibility index (Phi) is 2.74. The Bertz CT molecular complexity index is 295. The maximum atomic E-state index is 5.83. The van der Waals surface area contributed by atoms with Gasteiger partial charge in [0, 0.05) is 38.1 Å². The van der Waals surface area contributed by atoms with Gasteiger partial charge in [0.25, 0.3) is 0 Å². The number of nitrogens with two attached hydrogens (primary N) is 1. The fraction of sp³-hybridized carbons (Fsp3) is 0.600. The highest BCUT2D eigenvalue weighted by Crippen LogP contribution is 2.10. The molecule has 14 heavy (non-hydrogen) atoms. The molecule has 1 aromatic heterocycles. The van der Waals surface area contributed by atoms with Crippen molar-refractivity contribution in [1.29, 1.82) is 0 Å². The van der Waals surface area contributed by atoms with Gasteiger partial charge >= 0.3 is 0 Å². The Morgan fingerprint density at radius 2 is 2.36 bits per heavy atom. The van der Waals surface area contributed by atoms with Gasteiger partial charge in [-0.1, -0.05) is 0 Å². The molecule has 1 fully saturated rings. The third-order valence-corrected chi connectivity index (χ3v) is 2.53. The number of nitrogens with zero attached hydrogens (tertiary/aromatic N) is 3.